The molecule has 1 unspecified atom stereocenters. The van der Waals surface area contributed by atoms with Gasteiger partial charge in [-0.15, -0.1) is 0 Å². The standard InChI is InChI=1S/C13H15ClN2O/c1-4-13(3,8-15)12(17)16-11-7-9(2)5-6-10(11)14/h5-7H,4H2,1-3H3,(H,16,17). The SMILES string of the molecule is CCC(C)(C#N)C(=O)Nc1cc(C)ccc1Cl. The minimum absolute atomic E-state index is 0.324. The first kappa shape index (κ1) is 13.5. The number of halogens is 1. The van der Waals surface area contributed by atoms with Crippen molar-refractivity contribution in [2.45, 2.75) is 27.2 Å². The van der Waals surface area contributed by atoms with Crippen molar-refractivity contribution in [3.8, 4) is 6.07 Å². The zero-order valence-corrected chi connectivity index (χ0v) is 10.9. The van der Waals surface area contributed by atoms with E-state index in [9.17, 15) is 4.79 Å². The molecule has 0 saturated carbocycles. The third-order valence-corrected chi connectivity index (χ3v) is 3.15. The molecule has 0 aromatic heterocycles. The van der Waals surface area contributed by atoms with Gasteiger partial charge in [0.1, 0.15) is 5.41 Å². The molecular weight excluding hydrogens is 236 g/mol. The van der Waals surface area contributed by atoms with Crippen molar-refractivity contribution >= 4 is 23.2 Å². The van der Waals surface area contributed by atoms with Crippen LogP contribution in [0.25, 0.3) is 0 Å². The first-order valence-electron chi connectivity index (χ1n) is 5.42. The monoisotopic (exact) mass is 250 g/mol. The first-order chi connectivity index (χ1) is 7.92. The minimum Gasteiger partial charge on any atom is -0.323 e. The fourth-order valence-corrected chi connectivity index (χ4v) is 1.45. The highest BCUT2D eigenvalue weighted by atomic mass is 35.5. The number of carbonyl (C=O) groups is 1. The number of aryl methyl sites for hydroxylation is 1. The number of nitrogens with one attached hydrogen (secondary N) is 1. The molecule has 0 aliphatic carbocycles. The maximum atomic E-state index is 12.0. The van der Waals surface area contributed by atoms with Crippen LogP contribution in [0.1, 0.15) is 25.8 Å². The normalized spacial score (nSPS) is 13.6. The summed E-state index contributed by atoms with van der Waals surface area (Å²) in [5.74, 6) is -0.324. The van der Waals surface area contributed by atoms with E-state index >= 15 is 0 Å². The second kappa shape index (κ2) is 5.20. The fourth-order valence-electron chi connectivity index (χ4n) is 1.29. The molecule has 0 saturated heterocycles. The third-order valence-electron chi connectivity index (χ3n) is 2.83. The van der Waals surface area contributed by atoms with Gasteiger partial charge in [-0.3, -0.25) is 4.79 Å². The molecule has 1 aromatic carbocycles. The van der Waals surface area contributed by atoms with Crippen LogP contribution in [-0.2, 0) is 4.79 Å². The summed E-state index contributed by atoms with van der Waals surface area (Å²) < 4.78 is 0. The average Bonchev–Trinajstić information content (AvgIpc) is 2.32. The van der Waals surface area contributed by atoms with Gasteiger partial charge in [-0.05, 0) is 38.0 Å². The molecule has 0 spiro atoms. The third kappa shape index (κ3) is 2.98. The summed E-state index contributed by atoms with van der Waals surface area (Å²) in [7, 11) is 0. The van der Waals surface area contributed by atoms with Crippen molar-refractivity contribution < 1.29 is 4.79 Å². The Morgan fingerprint density at radius 1 is 1.59 bits per heavy atom. The van der Waals surface area contributed by atoms with E-state index in [0.29, 0.717) is 17.1 Å². The van der Waals surface area contributed by atoms with E-state index in [1.54, 1.807) is 26.0 Å². The Balaban J connectivity index is 2.96. The zero-order valence-electron chi connectivity index (χ0n) is 10.2. The lowest BCUT2D eigenvalue weighted by atomic mass is 9.88. The van der Waals surface area contributed by atoms with Gasteiger partial charge in [0.05, 0.1) is 16.8 Å². The number of nitrogens with zero attached hydrogens (tertiary/aromatic N) is 1. The highest BCUT2D eigenvalue weighted by Crippen LogP contribution is 2.27. The highest BCUT2D eigenvalue weighted by Gasteiger charge is 2.31. The maximum absolute atomic E-state index is 12.0. The molecule has 90 valence electrons. The minimum atomic E-state index is -1.02. The van der Waals surface area contributed by atoms with E-state index in [4.69, 9.17) is 16.9 Å². The molecule has 1 aromatic rings. The van der Waals surface area contributed by atoms with Crippen LogP contribution >= 0.6 is 11.6 Å². The zero-order chi connectivity index (χ0) is 13.1. The number of rotatable bonds is 3. The molecule has 17 heavy (non-hydrogen) atoms. The number of amides is 1. The van der Waals surface area contributed by atoms with Gasteiger partial charge in [-0.1, -0.05) is 24.6 Å². The van der Waals surface area contributed by atoms with Crippen molar-refractivity contribution in [1.82, 2.24) is 0 Å². The Morgan fingerprint density at radius 2 is 2.24 bits per heavy atom. The van der Waals surface area contributed by atoms with Gasteiger partial charge in [0.2, 0.25) is 5.91 Å². The van der Waals surface area contributed by atoms with Gasteiger partial charge in [0, 0.05) is 0 Å². The van der Waals surface area contributed by atoms with E-state index in [2.05, 4.69) is 5.32 Å². The molecule has 0 aliphatic rings. The first-order valence-corrected chi connectivity index (χ1v) is 5.79. The molecule has 1 atom stereocenters. The number of hydrogen-bond acceptors (Lipinski definition) is 2. The number of nitriles is 1. The lowest BCUT2D eigenvalue weighted by molar-refractivity contribution is -0.122. The van der Waals surface area contributed by atoms with E-state index in [1.807, 2.05) is 19.1 Å². The van der Waals surface area contributed by atoms with Gasteiger partial charge in [0.25, 0.3) is 0 Å². The van der Waals surface area contributed by atoms with Crippen LogP contribution < -0.4 is 5.32 Å². The topological polar surface area (TPSA) is 52.9 Å². The predicted octanol–water partition coefficient (Wildman–Crippen LogP) is 3.53. The Kier molecular flexibility index (Phi) is 4.14. The smallest absolute Gasteiger partial charge is 0.244 e. The second-order valence-electron chi connectivity index (χ2n) is 4.23. The molecule has 0 radical (unpaired) electrons. The lowest BCUT2D eigenvalue weighted by Gasteiger charge is -2.19. The number of carbonyl (C=O) groups excluding carboxylic acids is 1. The molecular formula is C13H15ClN2O. The fraction of sp³-hybridized carbons (Fsp3) is 0.385. The molecule has 0 bridgehead atoms. The molecule has 1 rings (SSSR count). The Labute approximate surface area is 106 Å². The van der Waals surface area contributed by atoms with Gasteiger partial charge < -0.3 is 5.32 Å². The summed E-state index contributed by atoms with van der Waals surface area (Å²) in [6.45, 7) is 5.34. The van der Waals surface area contributed by atoms with Crippen molar-refractivity contribution in [3.05, 3.63) is 28.8 Å². The molecule has 0 aliphatic heterocycles. The van der Waals surface area contributed by atoms with Crippen molar-refractivity contribution in [2.24, 2.45) is 5.41 Å². The van der Waals surface area contributed by atoms with Crippen LogP contribution in [0.15, 0.2) is 18.2 Å². The average molecular weight is 251 g/mol. The Bertz CT molecular complexity index is 479. The summed E-state index contributed by atoms with van der Waals surface area (Å²) in [6.07, 6.45) is 0.457. The Hall–Kier alpha value is -1.53. The highest BCUT2D eigenvalue weighted by molar-refractivity contribution is 6.33. The van der Waals surface area contributed by atoms with E-state index < -0.39 is 5.41 Å². The lowest BCUT2D eigenvalue weighted by Crippen LogP contribution is -2.31. The van der Waals surface area contributed by atoms with E-state index in [-0.39, 0.29) is 5.91 Å². The van der Waals surface area contributed by atoms with E-state index in [0.717, 1.165) is 5.56 Å². The van der Waals surface area contributed by atoms with Gasteiger partial charge in [-0.25, -0.2) is 0 Å². The van der Waals surface area contributed by atoms with Crippen LogP contribution in [0.2, 0.25) is 5.02 Å². The molecule has 0 heterocycles. The quantitative estimate of drug-likeness (QED) is 0.892. The molecule has 4 heteroatoms. The van der Waals surface area contributed by atoms with Gasteiger partial charge in [-0.2, -0.15) is 5.26 Å². The number of hydrogen-bond donors (Lipinski definition) is 1. The van der Waals surface area contributed by atoms with Gasteiger partial charge in [0.15, 0.2) is 0 Å². The van der Waals surface area contributed by atoms with Crippen LogP contribution in [0.5, 0.6) is 0 Å². The van der Waals surface area contributed by atoms with Crippen LogP contribution in [0.3, 0.4) is 0 Å². The summed E-state index contributed by atoms with van der Waals surface area (Å²) in [5, 5.41) is 12.2. The van der Waals surface area contributed by atoms with E-state index in [1.165, 1.54) is 0 Å². The van der Waals surface area contributed by atoms with Crippen molar-refractivity contribution in [1.29, 1.82) is 5.26 Å². The molecule has 3 nitrogen and oxygen atoms in total. The van der Waals surface area contributed by atoms with Crippen LogP contribution in [-0.4, -0.2) is 5.91 Å². The maximum Gasteiger partial charge on any atom is 0.244 e. The van der Waals surface area contributed by atoms with Gasteiger partial charge >= 0.3 is 0 Å². The van der Waals surface area contributed by atoms with Crippen molar-refractivity contribution in [3.63, 3.8) is 0 Å². The Morgan fingerprint density at radius 3 is 2.76 bits per heavy atom. The number of anilines is 1. The summed E-state index contributed by atoms with van der Waals surface area (Å²) in [5.41, 5.74) is 0.527. The molecule has 1 N–H and O–H groups in total. The second-order valence-corrected chi connectivity index (χ2v) is 4.64. The van der Waals surface area contributed by atoms with Crippen molar-refractivity contribution in [2.75, 3.05) is 5.32 Å². The molecule has 0 fully saturated rings. The molecule has 1 amide bonds. The predicted molar refractivity (Wildman–Crippen MR) is 68.8 cm³/mol. The summed E-state index contributed by atoms with van der Waals surface area (Å²) >= 11 is 5.98. The summed E-state index contributed by atoms with van der Waals surface area (Å²) in [6, 6.07) is 7.40. The van der Waals surface area contributed by atoms with Crippen LogP contribution in [0.4, 0.5) is 5.69 Å². The van der Waals surface area contributed by atoms with Crippen LogP contribution in [0, 0.1) is 23.7 Å². The largest absolute Gasteiger partial charge is 0.323 e. The number of benzene rings is 1. The summed E-state index contributed by atoms with van der Waals surface area (Å²) in [4.78, 5) is 12.0.